The minimum atomic E-state index is -1.26. The van der Waals surface area contributed by atoms with Crippen LogP contribution in [0.5, 0.6) is 0 Å². The number of hydrogen-bond donors (Lipinski definition) is 1. The van der Waals surface area contributed by atoms with E-state index < -0.39 is 17.0 Å². The number of carbonyl (C=O) groups is 2. The summed E-state index contributed by atoms with van der Waals surface area (Å²) < 4.78 is 0. The highest BCUT2D eigenvalue weighted by molar-refractivity contribution is 6.37. The number of carbonyl (C=O) groups excluding carboxylic acids is 2. The van der Waals surface area contributed by atoms with Gasteiger partial charge in [-0.3, -0.25) is 9.59 Å². The average Bonchev–Trinajstić information content (AvgIpc) is 2.67. The fourth-order valence-electron chi connectivity index (χ4n) is 3.60. The Labute approximate surface area is 170 Å². The van der Waals surface area contributed by atoms with Gasteiger partial charge < -0.3 is 5.11 Å². The number of aliphatic hydroxyl groups excluding tert-OH is 1. The van der Waals surface area contributed by atoms with Crippen molar-refractivity contribution in [1.82, 2.24) is 0 Å². The standard InChI is InChI=1S/C24H23ClO3/c1-6-15-8-9-16(18-12-17(25)10-7-13(18)2)11-19(15)20-21(26)14(3)22(27)24(4,5)23(20)28/h7-12,26H,3,6H2,1-2,4-5H3. The van der Waals surface area contributed by atoms with Crippen LogP contribution in [0.2, 0.25) is 5.02 Å². The van der Waals surface area contributed by atoms with Gasteiger partial charge in [-0.05, 0) is 73.2 Å². The second-order valence-electron chi connectivity index (χ2n) is 7.67. The fourth-order valence-corrected chi connectivity index (χ4v) is 3.77. The molecule has 144 valence electrons. The van der Waals surface area contributed by atoms with E-state index in [2.05, 4.69) is 6.58 Å². The minimum Gasteiger partial charge on any atom is -0.506 e. The van der Waals surface area contributed by atoms with Crippen LogP contribution < -0.4 is 0 Å². The Hall–Kier alpha value is -2.65. The lowest BCUT2D eigenvalue weighted by Crippen LogP contribution is -2.39. The molecule has 2 aromatic carbocycles. The Morgan fingerprint density at radius 2 is 1.71 bits per heavy atom. The van der Waals surface area contributed by atoms with Crippen molar-refractivity contribution in [2.45, 2.75) is 34.1 Å². The summed E-state index contributed by atoms with van der Waals surface area (Å²) in [5.74, 6) is -1.17. The number of rotatable bonds is 3. The van der Waals surface area contributed by atoms with Gasteiger partial charge in [0.2, 0.25) is 0 Å². The summed E-state index contributed by atoms with van der Waals surface area (Å²) in [6.45, 7) is 10.8. The van der Waals surface area contributed by atoms with Crippen molar-refractivity contribution in [3.63, 3.8) is 0 Å². The van der Waals surface area contributed by atoms with E-state index >= 15 is 0 Å². The van der Waals surface area contributed by atoms with Crippen LogP contribution in [-0.2, 0) is 16.0 Å². The zero-order valence-electron chi connectivity index (χ0n) is 16.5. The Bertz CT molecular complexity index is 1060. The van der Waals surface area contributed by atoms with Crippen molar-refractivity contribution >= 4 is 28.7 Å². The molecular formula is C24H23ClO3. The molecular weight excluding hydrogens is 372 g/mol. The third kappa shape index (κ3) is 3.10. The summed E-state index contributed by atoms with van der Waals surface area (Å²) in [4.78, 5) is 25.6. The molecule has 3 rings (SSSR count). The van der Waals surface area contributed by atoms with Gasteiger partial charge in [0.25, 0.3) is 0 Å². The first-order valence-corrected chi connectivity index (χ1v) is 9.59. The molecule has 0 radical (unpaired) electrons. The molecule has 0 spiro atoms. The lowest BCUT2D eigenvalue weighted by Gasteiger charge is -2.30. The van der Waals surface area contributed by atoms with Crippen molar-refractivity contribution in [3.05, 3.63) is 76.0 Å². The lowest BCUT2D eigenvalue weighted by atomic mass is 9.70. The average molecular weight is 395 g/mol. The summed E-state index contributed by atoms with van der Waals surface area (Å²) in [7, 11) is 0. The number of halogens is 1. The topological polar surface area (TPSA) is 54.4 Å². The summed E-state index contributed by atoms with van der Waals surface area (Å²) >= 11 is 6.18. The summed E-state index contributed by atoms with van der Waals surface area (Å²) in [5, 5.41) is 11.3. The molecule has 1 aliphatic carbocycles. The van der Waals surface area contributed by atoms with Crippen LogP contribution in [0.25, 0.3) is 16.7 Å². The van der Waals surface area contributed by atoms with Crippen LogP contribution in [0.3, 0.4) is 0 Å². The number of hydrogen-bond acceptors (Lipinski definition) is 3. The minimum absolute atomic E-state index is 0.0222. The molecule has 0 bridgehead atoms. The fraction of sp³-hybridized carbons (Fsp3) is 0.250. The Kier molecular flexibility index (Phi) is 5.07. The van der Waals surface area contributed by atoms with E-state index in [9.17, 15) is 14.7 Å². The van der Waals surface area contributed by atoms with Gasteiger partial charge in [-0.15, -0.1) is 0 Å². The molecule has 1 N–H and O–H groups in total. The van der Waals surface area contributed by atoms with E-state index in [1.54, 1.807) is 13.8 Å². The number of benzene rings is 2. The van der Waals surface area contributed by atoms with Gasteiger partial charge in [0, 0.05) is 5.02 Å². The molecule has 3 nitrogen and oxygen atoms in total. The normalized spacial score (nSPS) is 16.7. The molecule has 0 atom stereocenters. The smallest absolute Gasteiger partial charge is 0.180 e. The number of ketones is 2. The lowest BCUT2D eigenvalue weighted by molar-refractivity contribution is -0.133. The van der Waals surface area contributed by atoms with E-state index in [-0.39, 0.29) is 16.9 Å². The maximum Gasteiger partial charge on any atom is 0.180 e. The molecule has 0 amide bonds. The third-order valence-electron chi connectivity index (χ3n) is 5.43. The van der Waals surface area contributed by atoms with E-state index in [4.69, 9.17) is 11.6 Å². The maximum absolute atomic E-state index is 13.1. The van der Waals surface area contributed by atoms with Gasteiger partial charge >= 0.3 is 0 Å². The van der Waals surface area contributed by atoms with Crippen LogP contribution in [0.15, 0.2) is 54.3 Å². The van der Waals surface area contributed by atoms with Gasteiger partial charge in [-0.25, -0.2) is 0 Å². The first-order valence-electron chi connectivity index (χ1n) is 9.21. The predicted octanol–water partition coefficient (Wildman–Crippen LogP) is 5.88. The molecule has 0 fully saturated rings. The van der Waals surface area contributed by atoms with Crippen LogP contribution >= 0.6 is 11.6 Å². The zero-order valence-corrected chi connectivity index (χ0v) is 17.3. The summed E-state index contributed by atoms with van der Waals surface area (Å²) in [5.41, 5.74) is 3.31. The number of Topliss-reactive ketones (excluding diaryl/α,β-unsaturated/α-hetero) is 2. The zero-order chi connectivity index (χ0) is 20.8. The van der Waals surface area contributed by atoms with Gasteiger partial charge in [0.05, 0.1) is 16.6 Å². The molecule has 1 aliphatic rings. The second kappa shape index (κ2) is 7.06. The SMILES string of the molecule is C=C1C(=O)C(C)(C)C(=O)C(c2cc(-c3cc(Cl)ccc3C)ccc2CC)=C1O. The molecule has 0 unspecified atom stereocenters. The van der Waals surface area contributed by atoms with Crippen LogP contribution in [-0.4, -0.2) is 16.7 Å². The van der Waals surface area contributed by atoms with E-state index in [1.807, 2.05) is 50.2 Å². The molecule has 0 saturated carbocycles. The monoisotopic (exact) mass is 394 g/mol. The number of aliphatic hydroxyl groups is 1. The molecule has 2 aromatic rings. The first kappa shape index (κ1) is 20.1. The van der Waals surface area contributed by atoms with Gasteiger partial charge in [0.1, 0.15) is 5.76 Å². The van der Waals surface area contributed by atoms with Crippen molar-refractivity contribution in [1.29, 1.82) is 0 Å². The number of allylic oxidation sites excluding steroid dienone is 2. The summed E-state index contributed by atoms with van der Waals surface area (Å²) in [6.07, 6.45) is 0.676. The maximum atomic E-state index is 13.1. The van der Waals surface area contributed by atoms with Gasteiger partial charge in [0.15, 0.2) is 11.6 Å². The first-order chi connectivity index (χ1) is 13.1. The van der Waals surface area contributed by atoms with Crippen molar-refractivity contribution in [2.24, 2.45) is 5.41 Å². The number of aryl methyl sites for hydroxylation is 2. The highest BCUT2D eigenvalue weighted by Crippen LogP contribution is 2.41. The summed E-state index contributed by atoms with van der Waals surface area (Å²) in [6, 6.07) is 11.5. The predicted molar refractivity (Wildman–Crippen MR) is 113 cm³/mol. The van der Waals surface area contributed by atoms with Crippen molar-refractivity contribution in [2.75, 3.05) is 0 Å². The third-order valence-corrected chi connectivity index (χ3v) is 5.66. The largest absolute Gasteiger partial charge is 0.506 e. The second-order valence-corrected chi connectivity index (χ2v) is 8.11. The van der Waals surface area contributed by atoms with E-state index in [1.165, 1.54) is 0 Å². The van der Waals surface area contributed by atoms with E-state index in [0.29, 0.717) is 17.0 Å². The molecule has 0 heterocycles. The van der Waals surface area contributed by atoms with Crippen LogP contribution in [0.1, 0.15) is 37.5 Å². The van der Waals surface area contributed by atoms with E-state index in [0.717, 1.165) is 22.3 Å². The van der Waals surface area contributed by atoms with Crippen molar-refractivity contribution in [3.8, 4) is 11.1 Å². The Balaban J connectivity index is 2.29. The van der Waals surface area contributed by atoms with Gasteiger partial charge in [-0.2, -0.15) is 0 Å². The van der Waals surface area contributed by atoms with Crippen molar-refractivity contribution < 1.29 is 14.7 Å². The highest BCUT2D eigenvalue weighted by atomic mass is 35.5. The molecule has 0 saturated heterocycles. The quantitative estimate of drug-likeness (QED) is 0.522. The Morgan fingerprint density at radius 3 is 2.36 bits per heavy atom. The highest BCUT2D eigenvalue weighted by Gasteiger charge is 2.46. The molecule has 0 aliphatic heterocycles. The molecule has 4 heteroatoms. The van der Waals surface area contributed by atoms with Crippen LogP contribution in [0.4, 0.5) is 0 Å². The Morgan fingerprint density at radius 1 is 1.04 bits per heavy atom. The van der Waals surface area contributed by atoms with Gasteiger partial charge in [-0.1, -0.05) is 43.3 Å². The molecule has 28 heavy (non-hydrogen) atoms. The van der Waals surface area contributed by atoms with Crippen LogP contribution in [0, 0.1) is 12.3 Å². The molecule has 0 aromatic heterocycles.